The largest absolute Gasteiger partial charge is 0.349 e. The molecule has 2 aromatic rings. The third kappa shape index (κ3) is 4.83. The highest BCUT2D eigenvalue weighted by atomic mass is 32.1. The highest BCUT2D eigenvalue weighted by Crippen LogP contribution is 2.35. The number of nitrogens with one attached hydrogen (secondary N) is 1. The molecule has 0 radical (unpaired) electrons. The Balaban J connectivity index is 1.17. The molecule has 3 fully saturated rings. The van der Waals surface area contributed by atoms with Crippen molar-refractivity contribution in [3.05, 3.63) is 16.6 Å². The van der Waals surface area contributed by atoms with Crippen LogP contribution in [0.15, 0.2) is 6.07 Å². The van der Waals surface area contributed by atoms with E-state index in [1.54, 1.807) is 18.3 Å². The van der Waals surface area contributed by atoms with Crippen LogP contribution in [-0.4, -0.2) is 69.7 Å². The van der Waals surface area contributed by atoms with Crippen LogP contribution in [0.25, 0.3) is 10.2 Å². The van der Waals surface area contributed by atoms with Gasteiger partial charge in [-0.05, 0) is 51.5 Å². The van der Waals surface area contributed by atoms with Crippen molar-refractivity contribution < 1.29 is 9.59 Å². The van der Waals surface area contributed by atoms with Crippen molar-refractivity contribution in [3.63, 3.8) is 0 Å². The fraction of sp³-hybridized carbons (Fsp3) is 0.720. The van der Waals surface area contributed by atoms with E-state index < -0.39 is 0 Å². The molecule has 8 heteroatoms. The normalized spacial score (nSPS) is 25.5. The average molecular weight is 472 g/mol. The fourth-order valence-electron chi connectivity index (χ4n) is 6.00. The smallest absolute Gasteiger partial charge is 0.261 e. The summed E-state index contributed by atoms with van der Waals surface area (Å²) in [6, 6.07) is 3.38. The molecule has 1 N–H and O–H groups in total. The predicted octanol–water partition coefficient (Wildman–Crippen LogP) is 4.12. The summed E-state index contributed by atoms with van der Waals surface area (Å²) in [7, 11) is 0. The van der Waals surface area contributed by atoms with Crippen molar-refractivity contribution >= 4 is 33.4 Å². The molecule has 0 atom stereocenters. The Morgan fingerprint density at radius 3 is 2.33 bits per heavy atom. The zero-order valence-corrected chi connectivity index (χ0v) is 20.8. The molecule has 0 aromatic carbocycles. The Morgan fingerprint density at radius 2 is 1.67 bits per heavy atom. The summed E-state index contributed by atoms with van der Waals surface area (Å²) in [5, 5.41) is 9.29. The molecular weight excluding hydrogens is 434 g/mol. The van der Waals surface area contributed by atoms with Crippen molar-refractivity contribution in [2.24, 2.45) is 0 Å². The zero-order valence-electron chi connectivity index (χ0n) is 20.0. The Kier molecular flexibility index (Phi) is 6.74. The van der Waals surface area contributed by atoms with Gasteiger partial charge >= 0.3 is 0 Å². The molecule has 0 spiro atoms. The number of piperazine rings is 1. The molecule has 2 amide bonds. The quantitative estimate of drug-likeness (QED) is 0.728. The maximum Gasteiger partial charge on any atom is 0.261 e. The molecule has 2 aromatic heterocycles. The summed E-state index contributed by atoms with van der Waals surface area (Å²) >= 11 is 1.61. The Labute approximate surface area is 200 Å². The van der Waals surface area contributed by atoms with Crippen LogP contribution >= 0.6 is 11.3 Å². The summed E-state index contributed by atoms with van der Waals surface area (Å²) in [5.41, 5.74) is 1.04. The minimum absolute atomic E-state index is 0.0734. The van der Waals surface area contributed by atoms with Crippen molar-refractivity contribution in [1.29, 1.82) is 0 Å². The topological polar surface area (TPSA) is 70.5 Å². The Hall–Kier alpha value is -1.93. The van der Waals surface area contributed by atoms with Gasteiger partial charge in [0.25, 0.3) is 5.91 Å². The Bertz CT molecular complexity index is 992. The molecule has 2 saturated carbocycles. The number of amides is 2. The zero-order chi connectivity index (χ0) is 22.9. The highest BCUT2D eigenvalue weighted by Gasteiger charge is 2.30. The third-order valence-corrected chi connectivity index (χ3v) is 9.14. The minimum atomic E-state index is 0.0734. The van der Waals surface area contributed by atoms with Crippen LogP contribution in [0, 0.1) is 6.92 Å². The summed E-state index contributed by atoms with van der Waals surface area (Å²) in [6.07, 6.45) is 10.6. The second-order valence-corrected chi connectivity index (χ2v) is 11.2. The van der Waals surface area contributed by atoms with Crippen LogP contribution < -0.4 is 5.32 Å². The lowest BCUT2D eigenvalue weighted by atomic mass is 9.89. The van der Waals surface area contributed by atoms with Gasteiger partial charge in [-0.3, -0.25) is 19.2 Å². The minimum Gasteiger partial charge on any atom is -0.349 e. The summed E-state index contributed by atoms with van der Waals surface area (Å²) in [4.78, 5) is 31.1. The van der Waals surface area contributed by atoms with Gasteiger partial charge in [0.2, 0.25) is 5.91 Å². The van der Waals surface area contributed by atoms with Gasteiger partial charge in [0.15, 0.2) is 0 Å². The first kappa shape index (κ1) is 22.8. The van der Waals surface area contributed by atoms with Gasteiger partial charge in [0, 0.05) is 50.6 Å². The van der Waals surface area contributed by atoms with Gasteiger partial charge in [-0.1, -0.05) is 19.3 Å². The Morgan fingerprint density at radius 1 is 0.970 bits per heavy atom. The molecule has 1 saturated heterocycles. The molecule has 0 bridgehead atoms. The number of aryl methyl sites for hydroxylation is 1. The van der Waals surface area contributed by atoms with Crippen molar-refractivity contribution in [1.82, 2.24) is 24.9 Å². The first-order valence-electron chi connectivity index (χ1n) is 12.8. The van der Waals surface area contributed by atoms with Crippen LogP contribution in [0.3, 0.4) is 0 Å². The standard InChI is InChI=1S/C25H37N5O2S/c1-17-22-16-23(33-25(22)30(27-17)21-6-4-3-5-7-21)24(32)26-19-8-10-20(11-9-19)29-14-12-28(13-15-29)18(2)31/h16,19-21H,3-15H2,1-2H3,(H,26,32). The predicted molar refractivity (Wildman–Crippen MR) is 132 cm³/mol. The molecule has 5 rings (SSSR count). The van der Waals surface area contributed by atoms with Gasteiger partial charge in [-0.25, -0.2) is 0 Å². The average Bonchev–Trinajstić information content (AvgIpc) is 3.41. The van der Waals surface area contributed by atoms with Crippen LogP contribution in [-0.2, 0) is 4.79 Å². The lowest BCUT2D eigenvalue weighted by Gasteiger charge is -2.41. The molecule has 33 heavy (non-hydrogen) atoms. The van der Waals surface area contributed by atoms with Crippen LogP contribution in [0.1, 0.15) is 86.1 Å². The highest BCUT2D eigenvalue weighted by molar-refractivity contribution is 7.20. The SMILES string of the molecule is CC(=O)N1CCN(C2CCC(NC(=O)c3cc4c(C)nn(C5CCCCC5)c4s3)CC2)CC1. The maximum absolute atomic E-state index is 13.1. The maximum atomic E-state index is 13.1. The van der Waals surface area contributed by atoms with Crippen molar-refractivity contribution in [2.45, 2.75) is 89.8 Å². The van der Waals surface area contributed by atoms with E-state index in [9.17, 15) is 9.59 Å². The molecule has 3 aliphatic rings. The number of aromatic nitrogens is 2. The molecule has 0 unspecified atom stereocenters. The summed E-state index contributed by atoms with van der Waals surface area (Å²) < 4.78 is 2.21. The molecular formula is C25H37N5O2S. The number of hydrogen-bond donors (Lipinski definition) is 1. The number of carbonyl (C=O) groups excluding carboxylic acids is 2. The van der Waals surface area contributed by atoms with E-state index >= 15 is 0 Å². The monoisotopic (exact) mass is 471 g/mol. The van der Waals surface area contributed by atoms with Crippen molar-refractivity contribution in [2.75, 3.05) is 26.2 Å². The number of nitrogens with zero attached hydrogens (tertiary/aromatic N) is 4. The number of rotatable bonds is 4. The first-order valence-corrected chi connectivity index (χ1v) is 13.6. The van der Waals surface area contributed by atoms with E-state index in [-0.39, 0.29) is 17.9 Å². The van der Waals surface area contributed by atoms with E-state index in [2.05, 4.69) is 27.9 Å². The van der Waals surface area contributed by atoms with Gasteiger partial charge < -0.3 is 10.2 Å². The van der Waals surface area contributed by atoms with Crippen molar-refractivity contribution in [3.8, 4) is 0 Å². The van der Waals surface area contributed by atoms with Gasteiger partial charge in [-0.2, -0.15) is 5.10 Å². The molecule has 180 valence electrons. The van der Waals surface area contributed by atoms with Crippen LogP contribution in [0.5, 0.6) is 0 Å². The van der Waals surface area contributed by atoms with Gasteiger partial charge in [0.1, 0.15) is 4.83 Å². The molecule has 3 heterocycles. The number of hydrogen-bond acceptors (Lipinski definition) is 5. The molecule has 2 aliphatic carbocycles. The lowest BCUT2D eigenvalue weighted by Crippen LogP contribution is -2.53. The van der Waals surface area contributed by atoms with Crippen LogP contribution in [0.2, 0.25) is 0 Å². The molecule has 7 nitrogen and oxygen atoms in total. The number of thiophene rings is 1. The summed E-state index contributed by atoms with van der Waals surface area (Å²) in [5.74, 6) is 0.258. The van der Waals surface area contributed by atoms with E-state index in [1.165, 1.54) is 32.1 Å². The third-order valence-electron chi connectivity index (χ3n) is 8.02. The number of fused-ring (bicyclic) bond motifs is 1. The van der Waals surface area contributed by atoms with Gasteiger partial charge in [-0.15, -0.1) is 11.3 Å². The molecule has 1 aliphatic heterocycles. The number of carbonyl (C=O) groups is 2. The first-order chi connectivity index (χ1) is 16.0. The van der Waals surface area contributed by atoms with E-state index in [1.807, 2.05) is 4.90 Å². The second kappa shape index (κ2) is 9.74. The lowest BCUT2D eigenvalue weighted by molar-refractivity contribution is -0.131. The second-order valence-electron chi connectivity index (χ2n) is 10.2. The van der Waals surface area contributed by atoms with E-state index in [4.69, 9.17) is 5.10 Å². The van der Waals surface area contributed by atoms with Crippen LogP contribution in [0.4, 0.5) is 0 Å². The van der Waals surface area contributed by atoms with E-state index in [0.717, 1.165) is 72.7 Å². The fourth-order valence-corrected chi connectivity index (χ4v) is 7.14. The summed E-state index contributed by atoms with van der Waals surface area (Å²) in [6.45, 7) is 7.35. The van der Waals surface area contributed by atoms with Gasteiger partial charge in [0.05, 0.1) is 16.6 Å². The van der Waals surface area contributed by atoms with E-state index in [0.29, 0.717) is 12.1 Å².